The van der Waals surface area contributed by atoms with Gasteiger partial charge in [0.25, 0.3) is 0 Å². The third-order valence-corrected chi connectivity index (χ3v) is 4.69. The first-order chi connectivity index (χ1) is 14.3. The molecule has 8 nitrogen and oxygen atoms in total. The summed E-state index contributed by atoms with van der Waals surface area (Å²) in [4.78, 5) is 19.8. The first kappa shape index (κ1) is 19.6. The van der Waals surface area contributed by atoms with Crippen LogP contribution < -0.4 is 5.73 Å². The van der Waals surface area contributed by atoms with Crippen LogP contribution in [-0.2, 0) is 6.42 Å². The van der Waals surface area contributed by atoms with E-state index in [1.165, 1.54) is 10.6 Å². The molecule has 0 spiro atoms. The maximum absolute atomic E-state index is 14.8. The molecule has 0 saturated heterocycles. The minimum atomic E-state index is -1.23. The molecule has 1 atom stereocenters. The molecule has 1 unspecified atom stereocenters. The number of fused-ring (bicyclic) bond motifs is 1. The Morgan fingerprint density at radius 1 is 1.33 bits per heavy atom. The van der Waals surface area contributed by atoms with Crippen molar-refractivity contribution >= 4 is 11.6 Å². The number of pyridine rings is 1. The van der Waals surface area contributed by atoms with Gasteiger partial charge in [-0.25, -0.2) is 23.1 Å². The van der Waals surface area contributed by atoms with Gasteiger partial charge in [-0.1, -0.05) is 0 Å². The molecule has 4 aromatic heterocycles. The largest absolute Gasteiger partial charge is 0.477 e. The lowest BCUT2D eigenvalue weighted by Crippen LogP contribution is -2.16. The number of aromatic nitrogens is 5. The van der Waals surface area contributed by atoms with Crippen LogP contribution in [0, 0.1) is 11.6 Å². The first-order valence-corrected chi connectivity index (χ1v) is 9.20. The zero-order chi connectivity index (χ0) is 21.4. The maximum atomic E-state index is 14.8. The highest BCUT2D eigenvalue weighted by Gasteiger charge is 2.20. The molecule has 4 rings (SSSR count). The lowest BCUT2D eigenvalue weighted by atomic mass is 10.0. The number of carboxylic acid groups (broad SMARTS) is 1. The normalized spacial score (nSPS) is 12.4. The van der Waals surface area contributed by atoms with E-state index >= 15 is 0 Å². The van der Waals surface area contributed by atoms with Gasteiger partial charge in [0, 0.05) is 23.5 Å². The number of nitrogens with two attached hydrogens (primary N) is 1. The second-order valence-electron chi connectivity index (χ2n) is 6.97. The maximum Gasteiger partial charge on any atom is 0.341 e. The van der Waals surface area contributed by atoms with Gasteiger partial charge in [-0.3, -0.25) is 9.55 Å². The molecule has 0 amide bonds. The predicted octanol–water partition coefficient (Wildman–Crippen LogP) is 2.84. The summed E-state index contributed by atoms with van der Waals surface area (Å²) in [5.74, 6) is -2.61. The SMILES string of the molecule is CC(N)CCc1ncc(F)cc1-c1cccn1-c1nc2c(C(=O)O)cnn2cc1F. The van der Waals surface area contributed by atoms with Crippen molar-refractivity contribution in [3.05, 3.63) is 65.9 Å². The molecule has 0 saturated carbocycles. The minimum Gasteiger partial charge on any atom is -0.477 e. The van der Waals surface area contributed by atoms with E-state index < -0.39 is 17.6 Å². The van der Waals surface area contributed by atoms with Crippen LogP contribution in [-0.4, -0.2) is 41.3 Å². The standard InChI is InChI=1S/C20H18F2N6O2/c1-11(23)4-5-16-13(7-12(21)8-24-16)17-3-2-6-27(17)19-15(22)10-28-18(26-19)14(9-25-28)20(29)30/h2-3,6-11H,4-5,23H2,1H3,(H,29,30). The monoisotopic (exact) mass is 412 g/mol. The van der Waals surface area contributed by atoms with Gasteiger partial charge in [0.15, 0.2) is 17.3 Å². The second kappa shape index (κ2) is 7.64. The molecule has 0 aliphatic rings. The number of hydrogen-bond donors (Lipinski definition) is 2. The van der Waals surface area contributed by atoms with E-state index in [0.717, 1.165) is 23.1 Å². The van der Waals surface area contributed by atoms with Crippen molar-refractivity contribution in [2.24, 2.45) is 5.73 Å². The van der Waals surface area contributed by atoms with Gasteiger partial charge in [0.1, 0.15) is 11.4 Å². The molecule has 0 bridgehead atoms. The quantitative estimate of drug-likeness (QED) is 0.504. The van der Waals surface area contributed by atoms with Crippen LogP contribution in [0.15, 0.2) is 43.0 Å². The molecule has 154 valence electrons. The summed E-state index contributed by atoms with van der Waals surface area (Å²) < 4.78 is 31.3. The zero-order valence-corrected chi connectivity index (χ0v) is 16.0. The van der Waals surface area contributed by atoms with E-state index in [4.69, 9.17) is 5.73 Å². The molecular formula is C20H18F2N6O2. The van der Waals surface area contributed by atoms with Crippen molar-refractivity contribution in [1.82, 2.24) is 24.1 Å². The van der Waals surface area contributed by atoms with Gasteiger partial charge < -0.3 is 10.8 Å². The fourth-order valence-corrected chi connectivity index (χ4v) is 3.24. The van der Waals surface area contributed by atoms with Crippen LogP contribution >= 0.6 is 0 Å². The van der Waals surface area contributed by atoms with Crippen molar-refractivity contribution < 1.29 is 18.7 Å². The Kier molecular flexibility index (Phi) is 5.00. The molecule has 0 radical (unpaired) electrons. The highest BCUT2D eigenvalue weighted by molar-refractivity contribution is 5.94. The molecular weight excluding hydrogens is 394 g/mol. The van der Waals surface area contributed by atoms with Gasteiger partial charge in [-0.2, -0.15) is 5.10 Å². The Balaban J connectivity index is 1.87. The Bertz CT molecular complexity index is 1250. The van der Waals surface area contributed by atoms with Crippen LogP contribution in [0.5, 0.6) is 0 Å². The van der Waals surface area contributed by atoms with Crippen LogP contribution in [0.4, 0.5) is 8.78 Å². The van der Waals surface area contributed by atoms with Crippen molar-refractivity contribution in [1.29, 1.82) is 0 Å². The van der Waals surface area contributed by atoms with Gasteiger partial charge in [0.05, 0.1) is 24.3 Å². The average molecular weight is 412 g/mol. The smallest absolute Gasteiger partial charge is 0.341 e. The Labute approximate surface area is 169 Å². The van der Waals surface area contributed by atoms with E-state index in [2.05, 4.69) is 15.1 Å². The van der Waals surface area contributed by atoms with Crippen LogP contribution in [0.2, 0.25) is 0 Å². The minimum absolute atomic E-state index is 0.00639. The third-order valence-electron chi connectivity index (χ3n) is 4.69. The van der Waals surface area contributed by atoms with Crippen molar-refractivity contribution in [3.8, 4) is 17.1 Å². The average Bonchev–Trinajstić information content (AvgIpc) is 3.32. The first-order valence-electron chi connectivity index (χ1n) is 9.20. The lowest BCUT2D eigenvalue weighted by molar-refractivity contribution is 0.0698. The molecule has 10 heteroatoms. The van der Waals surface area contributed by atoms with E-state index in [1.807, 2.05) is 6.92 Å². The number of carbonyl (C=O) groups is 1. The number of aromatic carboxylic acids is 1. The number of aryl methyl sites for hydroxylation is 1. The Morgan fingerprint density at radius 3 is 2.87 bits per heavy atom. The zero-order valence-electron chi connectivity index (χ0n) is 16.0. The highest BCUT2D eigenvalue weighted by atomic mass is 19.1. The van der Waals surface area contributed by atoms with Crippen molar-refractivity contribution in [3.63, 3.8) is 0 Å². The van der Waals surface area contributed by atoms with Gasteiger partial charge in [-0.15, -0.1) is 0 Å². The Hall–Kier alpha value is -3.66. The van der Waals surface area contributed by atoms with E-state index in [0.29, 0.717) is 29.8 Å². The fourth-order valence-electron chi connectivity index (χ4n) is 3.24. The number of carboxylic acids is 1. The predicted molar refractivity (Wildman–Crippen MR) is 104 cm³/mol. The summed E-state index contributed by atoms with van der Waals surface area (Å²) in [6, 6.07) is 4.61. The highest BCUT2D eigenvalue weighted by Crippen LogP contribution is 2.28. The Morgan fingerprint density at radius 2 is 2.13 bits per heavy atom. The van der Waals surface area contributed by atoms with Crippen LogP contribution in [0.25, 0.3) is 22.7 Å². The summed E-state index contributed by atoms with van der Waals surface area (Å²) in [6.07, 6.45) is 6.00. The summed E-state index contributed by atoms with van der Waals surface area (Å²) in [6.45, 7) is 1.87. The number of rotatable bonds is 6. The van der Waals surface area contributed by atoms with Crippen molar-refractivity contribution in [2.45, 2.75) is 25.8 Å². The summed E-state index contributed by atoms with van der Waals surface area (Å²) in [7, 11) is 0. The number of halogens is 2. The number of nitrogens with zero attached hydrogens (tertiary/aromatic N) is 5. The molecule has 3 N–H and O–H groups in total. The summed E-state index contributed by atoms with van der Waals surface area (Å²) in [5, 5.41) is 13.1. The fraction of sp³-hybridized carbons (Fsp3) is 0.200. The van der Waals surface area contributed by atoms with Gasteiger partial charge in [0.2, 0.25) is 0 Å². The van der Waals surface area contributed by atoms with E-state index in [9.17, 15) is 18.7 Å². The van der Waals surface area contributed by atoms with Crippen LogP contribution in [0.1, 0.15) is 29.4 Å². The molecule has 4 aromatic rings. The van der Waals surface area contributed by atoms with Gasteiger partial charge in [-0.05, 0) is 38.0 Å². The third kappa shape index (κ3) is 3.52. The molecule has 0 aliphatic carbocycles. The van der Waals surface area contributed by atoms with E-state index in [-0.39, 0.29) is 23.1 Å². The molecule has 4 heterocycles. The molecule has 0 aromatic carbocycles. The second-order valence-corrected chi connectivity index (χ2v) is 6.97. The molecule has 0 aliphatic heterocycles. The van der Waals surface area contributed by atoms with Crippen LogP contribution in [0.3, 0.4) is 0 Å². The van der Waals surface area contributed by atoms with E-state index in [1.54, 1.807) is 18.3 Å². The lowest BCUT2D eigenvalue weighted by Gasteiger charge is -2.14. The summed E-state index contributed by atoms with van der Waals surface area (Å²) in [5.41, 5.74) is 7.24. The van der Waals surface area contributed by atoms with Gasteiger partial charge >= 0.3 is 5.97 Å². The number of hydrogen-bond acceptors (Lipinski definition) is 5. The molecule has 30 heavy (non-hydrogen) atoms. The topological polar surface area (TPSA) is 111 Å². The molecule has 0 fully saturated rings. The summed E-state index contributed by atoms with van der Waals surface area (Å²) >= 11 is 0. The van der Waals surface area contributed by atoms with Crippen molar-refractivity contribution in [2.75, 3.05) is 0 Å².